The molecule has 0 bridgehead atoms. The molecule has 2 aromatic carbocycles. The molecule has 116 valence electrons. The highest BCUT2D eigenvalue weighted by atomic mass is 35.5. The van der Waals surface area contributed by atoms with E-state index in [1.807, 2.05) is 19.1 Å². The summed E-state index contributed by atoms with van der Waals surface area (Å²) < 4.78 is 10.8. The maximum atomic E-state index is 11.5. The molecule has 2 aromatic rings. The second kappa shape index (κ2) is 7.18. The first-order valence-corrected chi connectivity index (χ1v) is 7.16. The molecule has 0 unspecified atom stereocenters. The van der Waals surface area contributed by atoms with Crippen LogP contribution in [0.1, 0.15) is 11.1 Å². The number of para-hydroxylation sites is 2. The van der Waals surface area contributed by atoms with Crippen LogP contribution in [0.4, 0.5) is 0 Å². The Morgan fingerprint density at radius 2 is 1.91 bits per heavy atom. The molecule has 0 amide bonds. The number of aryl methyl sites for hydroxylation is 1. The lowest BCUT2D eigenvalue weighted by atomic mass is 10.1. The van der Waals surface area contributed by atoms with Crippen molar-refractivity contribution in [3.8, 4) is 11.5 Å². The summed E-state index contributed by atoms with van der Waals surface area (Å²) in [5.41, 5.74) is 1.75. The van der Waals surface area contributed by atoms with Gasteiger partial charge in [-0.25, -0.2) is 4.79 Å². The Bertz CT molecular complexity index is 669. The van der Waals surface area contributed by atoms with Crippen LogP contribution >= 0.6 is 11.6 Å². The van der Waals surface area contributed by atoms with Gasteiger partial charge < -0.3 is 14.6 Å². The molecule has 0 radical (unpaired) electrons. The molecule has 1 N–H and O–H groups in total. The van der Waals surface area contributed by atoms with Gasteiger partial charge in [0.05, 0.1) is 7.11 Å². The van der Waals surface area contributed by atoms with Gasteiger partial charge in [0.2, 0.25) is 0 Å². The van der Waals surface area contributed by atoms with E-state index in [1.54, 1.807) is 30.3 Å². The number of ether oxygens (including phenoxy) is 2. The number of methoxy groups -OCH3 is 1. The summed E-state index contributed by atoms with van der Waals surface area (Å²) in [7, 11) is 1.51. The smallest absolute Gasteiger partial charge is 0.345 e. The van der Waals surface area contributed by atoms with Crippen LogP contribution in [0.15, 0.2) is 42.5 Å². The molecule has 0 fully saturated rings. The first-order valence-electron chi connectivity index (χ1n) is 6.78. The van der Waals surface area contributed by atoms with Gasteiger partial charge in [-0.05, 0) is 36.2 Å². The van der Waals surface area contributed by atoms with Crippen molar-refractivity contribution in [2.24, 2.45) is 0 Å². The summed E-state index contributed by atoms with van der Waals surface area (Å²) in [4.78, 5) is 11.5. The monoisotopic (exact) mass is 320 g/mol. The minimum atomic E-state index is -1.04. The Labute approximate surface area is 134 Å². The zero-order valence-corrected chi connectivity index (χ0v) is 13.1. The van der Waals surface area contributed by atoms with E-state index in [0.717, 1.165) is 11.1 Å². The van der Waals surface area contributed by atoms with Gasteiger partial charge >= 0.3 is 5.97 Å². The zero-order chi connectivity index (χ0) is 16.1. The molecule has 0 aliphatic heterocycles. The minimum absolute atomic E-state index is 0.216. The third-order valence-corrected chi connectivity index (χ3v) is 3.68. The van der Waals surface area contributed by atoms with Crippen molar-refractivity contribution < 1.29 is 19.4 Å². The Kier molecular flexibility index (Phi) is 5.28. The fourth-order valence-electron chi connectivity index (χ4n) is 2.03. The molecule has 0 aliphatic carbocycles. The van der Waals surface area contributed by atoms with E-state index in [2.05, 4.69) is 0 Å². The molecule has 2 rings (SSSR count). The molecule has 22 heavy (non-hydrogen) atoms. The quantitative estimate of drug-likeness (QED) is 0.881. The van der Waals surface area contributed by atoms with Gasteiger partial charge in [-0.2, -0.15) is 0 Å². The van der Waals surface area contributed by atoms with Gasteiger partial charge in [0.15, 0.2) is 17.6 Å². The largest absolute Gasteiger partial charge is 0.493 e. The van der Waals surface area contributed by atoms with E-state index in [-0.39, 0.29) is 6.42 Å². The Balaban J connectivity index is 2.20. The van der Waals surface area contributed by atoms with Crippen molar-refractivity contribution in [1.82, 2.24) is 0 Å². The number of benzene rings is 2. The van der Waals surface area contributed by atoms with Crippen LogP contribution in [0.2, 0.25) is 5.02 Å². The molecule has 0 heterocycles. The third kappa shape index (κ3) is 3.92. The van der Waals surface area contributed by atoms with Gasteiger partial charge in [0.1, 0.15) is 0 Å². The van der Waals surface area contributed by atoms with Gasteiger partial charge in [-0.3, -0.25) is 0 Å². The summed E-state index contributed by atoms with van der Waals surface area (Å²) in [5.74, 6) is -0.145. The maximum absolute atomic E-state index is 11.5. The van der Waals surface area contributed by atoms with Gasteiger partial charge in [0.25, 0.3) is 0 Å². The molecule has 0 saturated heterocycles. The number of carboxylic acids is 1. The third-order valence-electron chi connectivity index (χ3n) is 3.27. The summed E-state index contributed by atoms with van der Waals surface area (Å²) >= 11 is 6.08. The molecule has 0 spiro atoms. The second-order valence-corrected chi connectivity index (χ2v) is 5.29. The van der Waals surface area contributed by atoms with Crippen LogP contribution in [0, 0.1) is 6.92 Å². The first-order chi connectivity index (χ1) is 10.5. The van der Waals surface area contributed by atoms with E-state index in [9.17, 15) is 9.90 Å². The van der Waals surface area contributed by atoms with Crippen LogP contribution < -0.4 is 9.47 Å². The molecular weight excluding hydrogens is 304 g/mol. The van der Waals surface area contributed by atoms with Crippen molar-refractivity contribution in [3.05, 3.63) is 58.6 Å². The highest BCUT2D eigenvalue weighted by Crippen LogP contribution is 2.28. The second-order valence-electron chi connectivity index (χ2n) is 4.88. The van der Waals surface area contributed by atoms with Crippen LogP contribution in [0.3, 0.4) is 0 Å². The van der Waals surface area contributed by atoms with Gasteiger partial charge in [0, 0.05) is 11.4 Å². The standard InChI is InChI=1S/C17H17ClO4/c1-11-7-8-12(9-13(11)18)10-16(17(19)20)22-15-6-4-3-5-14(15)21-2/h3-9,16H,10H2,1-2H3,(H,19,20)/t16-/m1/s1. The number of hydrogen-bond acceptors (Lipinski definition) is 3. The van der Waals surface area contributed by atoms with Gasteiger partial charge in [-0.1, -0.05) is 35.9 Å². The lowest BCUT2D eigenvalue weighted by molar-refractivity contribution is -0.145. The fourth-order valence-corrected chi connectivity index (χ4v) is 2.23. The maximum Gasteiger partial charge on any atom is 0.345 e. The van der Waals surface area contributed by atoms with Crippen molar-refractivity contribution in [1.29, 1.82) is 0 Å². The van der Waals surface area contributed by atoms with E-state index in [0.29, 0.717) is 16.5 Å². The van der Waals surface area contributed by atoms with Crippen LogP contribution in [0.25, 0.3) is 0 Å². The average molecular weight is 321 g/mol. The van der Waals surface area contributed by atoms with Crippen LogP contribution in [-0.4, -0.2) is 24.3 Å². The molecule has 5 heteroatoms. The first kappa shape index (κ1) is 16.2. The SMILES string of the molecule is COc1ccccc1O[C@H](Cc1ccc(C)c(Cl)c1)C(=O)O. The molecule has 0 aliphatic rings. The minimum Gasteiger partial charge on any atom is -0.493 e. The van der Waals surface area contributed by atoms with E-state index < -0.39 is 12.1 Å². The highest BCUT2D eigenvalue weighted by Gasteiger charge is 2.21. The number of hydrogen-bond donors (Lipinski definition) is 1. The summed E-state index contributed by atoms with van der Waals surface area (Å²) in [6.45, 7) is 1.89. The van der Waals surface area contributed by atoms with Crippen molar-refractivity contribution >= 4 is 17.6 Å². The van der Waals surface area contributed by atoms with E-state index in [4.69, 9.17) is 21.1 Å². The summed E-state index contributed by atoms with van der Waals surface area (Å²) in [6.07, 6.45) is -0.803. The fraction of sp³-hybridized carbons (Fsp3) is 0.235. The highest BCUT2D eigenvalue weighted by molar-refractivity contribution is 6.31. The number of halogens is 1. The molecular formula is C17H17ClO4. The van der Waals surface area contributed by atoms with Crippen molar-refractivity contribution in [3.63, 3.8) is 0 Å². The predicted molar refractivity (Wildman–Crippen MR) is 84.9 cm³/mol. The van der Waals surface area contributed by atoms with E-state index in [1.165, 1.54) is 7.11 Å². The molecule has 0 saturated carbocycles. The predicted octanol–water partition coefficient (Wildman–Crippen LogP) is 3.73. The number of rotatable bonds is 6. The molecule has 1 atom stereocenters. The lowest BCUT2D eigenvalue weighted by Crippen LogP contribution is -2.29. The van der Waals surface area contributed by atoms with Crippen molar-refractivity contribution in [2.75, 3.05) is 7.11 Å². The summed E-state index contributed by atoms with van der Waals surface area (Å²) in [6, 6.07) is 12.4. The normalized spacial score (nSPS) is 11.8. The van der Waals surface area contributed by atoms with Crippen molar-refractivity contribution in [2.45, 2.75) is 19.4 Å². The zero-order valence-electron chi connectivity index (χ0n) is 12.4. The van der Waals surface area contributed by atoms with Crippen LogP contribution in [-0.2, 0) is 11.2 Å². The number of aliphatic carboxylic acids is 1. The topological polar surface area (TPSA) is 55.8 Å². The molecule has 4 nitrogen and oxygen atoms in total. The Hall–Kier alpha value is -2.20. The average Bonchev–Trinajstić information content (AvgIpc) is 2.50. The number of carboxylic acid groups (broad SMARTS) is 1. The number of carbonyl (C=O) groups is 1. The van der Waals surface area contributed by atoms with Crippen LogP contribution in [0.5, 0.6) is 11.5 Å². The lowest BCUT2D eigenvalue weighted by Gasteiger charge is -2.17. The van der Waals surface area contributed by atoms with Gasteiger partial charge in [-0.15, -0.1) is 0 Å². The Morgan fingerprint density at radius 1 is 1.23 bits per heavy atom. The Morgan fingerprint density at radius 3 is 2.50 bits per heavy atom. The van der Waals surface area contributed by atoms with E-state index >= 15 is 0 Å². The summed E-state index contributed by atoms with van der Waals surface area (Å²) in [5, 5.41) is 9.99. The molecule has 0 aromatic heterocycles.